The van der Waals surface area contributed by atoms with E-state index in [1.165, 1.54) is 6.20 Å². The Morgan fingerprint density at radius 3 is 3.00 bits per heavy atom. The Hall–Kier alpha value is -2.09. The molecule has 8 heteroatoms. The van der Waals surface area contributed by atoms with E-state index in [1.807, 2.05) is 0 Å². The number of nitrogens with zero attached hydrogens (tertiary/aromatic N) is 2. The molecule has 1 aliphatic rings. The maximum Gasteiger partial charge on any atom is 0.326 e. The lowest BCUT2D eigenvalue weighted by Crippen LogP contribution is -2.45. The number of amides is 2. The number of aliphatic carboxylic acids is 1. The molecule has 0 aliphatic carbocycles. The summed E-state index contributed by atoms with van der Waals surface area (Å²) in [6.07, 6.45) is 0.689. The molecule has 1 unspecified atom stereocenters. The number of aromatic nitrogens is 1. The van der Waals surface area contributed by atoms with Crippen molar-refractivity contribution in [2.75, 3.05) is 6.54 Å². The third kappa shape index (κ3) is 2.59. The molecular weight excluding hydrogens is 242 g/mol. The zero-order chi connectivity index (χ0) is 13.1. The van der Waals surface area contributed by atoms with Gasteiger partial charge in [0.15, 0.2) is 5.76 Å². The number of carboxylic acids is 1. The summed E-state index contributed by atoms with van der Waals surface area (Å²) in [5.41, 5.74) is 0. The zero-order valence-electron chi connectivity index (χ0n) is 9.44. The molecular formula is C10H13N3O5. The van der Waals surface area contributed by atoms with Crippen molar-refractivity contribution in [3.63, 3.8) is 0 Å². The predicted molar refractivity (Wildman–Crippen MR) is 57.5 cm³/mol. The molecule has 98 valence electrons. The minimum absolute atomic E-state index is 0.0131. The Labute approximate surface area is 102 Å². The van der Waals surface area contributed by atoms with Gasteiger partial charge in [0.05, 0.1) is 18.8 Å². The van der Waals surface area contributed by atoms with Crippen LogP contribution in [0.5, 0.6) is 0 Å². The van der Waals surface area contributed by atoms with Crippen LogP contribution >= 0.6 is 0 Å². The maximum absolute atomic E-state index is 11.8. The minimum atomic E-state index is -1.12. The van der Waals surface area contributed by atoms with Crippen LogP contribution in [0.25, 0.3) is 0 Å². The van der Waals surface area contributed by atoms with E-state index in [0.29, 0.717) is 5.76 Å². The highest BCUT2D eigenvalue weighted by Gasteiger charge is 2.38. The third-order valence-corrected chi connectivity index (χ3v) is 2.73. The normalized spacial score (nSPS) is 23.1. The van der Waals surface area contributed by atoms with E-state index in [0.717, 1.165) is 4.90 Å². The van der Waals surface area contributed by atoms with Gasteiger partial charge in [-0.3, -0.25) is 0 Å². The second kappa shape index (κ2) is 5.05. The highest BCUT2D eigenvalue weighted by molar-refractivity contribution is 5.83. The highest BCUT2D eigenvalue weighted by atomic mass is 16.5. The van der Waals surface area contributed by atoms with Crippen LogP contribution in [-0.2, 0) is 11.3 Å². The molecule has 0 radical (unpaired) electrons. The van der Waals surface area contributed by atoms with Crippen molar-refractivity contribution in [1.29, 1.82) is 0 Å². The largest absolute Gasteiger partial charge is 0.480 e. The number of likely N-dealkylation sites (tertiary alicyclic amines) is 1. The van der Waals surface area contributed by atoms with E-state index in [2.05, 4.69) is 10.5 Å². The molecule has 3 N–H and O–H groups in total. The van der Waals surface area contributed by atoms with E-state index < -0.39 is 24.1 Å². The van der Waals surface area contributed by atoms with Gasteiger partial charge in [0, 0.05) is 19.0 Å². The van der Waals surface area contributed by atoms with Crippen LogP contribution in [0.15, 0.2) is 16.8 Å². The summed E-state index contributed by atoms with van der Waals surface area (Å²) in [6.45, 7) is 0.136. The molecule has 1 saturated heterocycles. The number of aliphatic hydroxyl groups excluding tert-OH is 1. The summed E-state index contributed by atoms with van der Waals surface area (Å²) in [4.78, 5) is 23.8. The Morgan fingerprint density at radius 1 is 1.61 bits per heavy atom. The fourth-order valence-corrected chi connectivity index (χ4v) is 1.87. The van der Waals surface area contributed by atoms with E-state index in [1.54, 1.807) is 6.07 Å². The number of carbonyl (C=O) groups excluding carboxylic acids is 1. The van der Waals surface area contributed by atoms with Crippen LogP contribution in [0.1, 0.15) is 12.2 Å². The number of urea groups is 1. The third-order valence-electron chi connectivity index (χ3n) is 2.73. The van der Waals surface area contributed by atoms with E-state index in [-0.39, 0.29) is 19.5 Å². The van der Waals surface area contributed by atoms with Gasteiger partial charge in [0.2, 0.25) is 0 Å². The van der Waals surface area contributed by atoms with Crippen LogP contribution in [0.4, 0.5) is 4.79 Å². The number of hydrogen-bond acceptors (Lipinski definition) is 5. The summed E-state index contributed by atoms with van der Waals surface area (Å²) >= 11 is 0. The molecule has 1 aromatic rings. The predicted octanol–water partition coefficient (Wildman–Crippen LogP) is -0.596. The van der Waals surface area contributed by atoms with Gasteiger partial charge in [-0.2, -0.15) is 0 Å². The molecule has 1 fully saturated rings. The average molecular weight is 255 g/mol. The van der Waals surface area contributed by atoms with E-state index in [9.17, 15) is 14.7 Å². The van der Waals surface area contributed by atoms with Gasteiger partial charge in [-0.25, -0.2) is 9.59 Å². The minimum Gasteiger partial charge on any atom is -0.480 e. The standard InChI is InChI=1S/C10H13N3O5/c14-6-3-8(9(15)16)13(5-6)10(17)11-4-7-1-2-12-18-7/h1-2,6,8,14H,3-5H2,(H,11,17)(H,15,16)/t6?,8-/m0/s1. The molecule has 1 aromatic heterocycles. The topological polar surface area (TPSA) is 116 Å². The molecule has 2 rings (SSSR count). The molecule has 18 heavy (non-hydrogen) atoms. The Bertz CT molecular complexity index is 433. The van der Waals surface area contributed by atoms with E-state index >= 15 is 0 Å². The zero-order valence-corrected chi connectivity index (χ0v) is 9.44. The van der Waals surface area contributed by atoms with Crippen molar-refractivity contribution < 1.29 is 24.3 Å². The first-order chi connectivity index (χ1) is 8.58. The van der Waals surface area contributed by atoms with Gasteiger partial charge < -0.3 is 25.0 Å². The van der Waals surface area contributed by atoms with Crippen LogP contribution in [0.2, 0.25) is 0 Å². The fraction of sp³-hybridized carbons (Fsp3) is 0.500. The highest BCUT2D eigenvalue weighted by Crippen LogP contribution is 2.18. The molecule has 0 bridgehead atoms. The van der Waals surface area contributed by atoms with E-state index in [4.69, 9.17) is 9.63 Å². The number of rotatable bonds is 3. The van der Waals surface area contributed by atoms with Crippen molar-refractivity contribution in [3.05, 3.63) is 18.0 Å². The number of nitrogens with one attached hydrogen (secondary N) is 1. The lowest BCUT2D eigenvalue weighted by atomic mass is 10.2. The lowest BCUT2D eigenvalue weighted by molar-refractivity contribution is -0.141. The van der Waals surface area contributed by atoms with Crippen molar-refractivity contribution in [3.8, 4) is 0 Å². The number of carbonyl (C=O) groups is 2. The van der Waals surface area contributed by atoms with Gasteiger partial charge in [-0.1, -0.05) is 5.16 Å². The molecule has 1 aliphatic heterocycles. The Balaban J connectivity index is 1.93. The van der Waals surface area contributed by atoms with Crippen LogP contribution in [0.3, 0.4) is 0 Å². The van der Waals surface area contributed by atoms with Crippen LogP contribution in [-0.4, -0.2) is 51.0 Å². The summed E-state index contributed by atoms with van der Waals surface area (Å²) in [5.74, 6) is -0.656. The molecule has 8 nitrogen and oxygen atoms in total. The molecule has 0 saturated carbocycles. The van der Waals surface area contributed by atoms with Gasteiger partial charge in [-0.15, -0.1) is 0 Å². The lowest BCUT2D eigenvalue weighted by Gasteiger charge is -2.21. The second-order valence-electron chi connectivity index (χ2n) is 4.03. The molecule has 2 amide bonds. The summed E-state index contributed by atoms with van der Waals surface area (Å²) in [7, 11) is 0. The van der Waals surface area contributed by atoms with Gasteiger partial charge in [-0.05, 0) is 0 Å². The Kier molecular flexibility index (Phi) is 3.47. The number of carboxylic acid groups (broad SMARTS) is 1. The first-order valence-electron chi connectivity index (χ1n) is 5.43. The molecule has 0 spiro atoms. The SMILES string of the molecule is O=C(O)[C@@H]1CC(O)CN1C(=O)NCc1ccno1. The van der Waals surface area contributed by atoms with Crippen LogP contribution in [0, 0.1) is 0 Å². The Morgan fingerprint density at radius 2 is 2.39 bits per heavy atom. The monoisotopic (exact) mass is 255 g/mol. The molecule has 0 aromatic carbocycles. The summed E-state index contributed by atoms with van der Waals surface area (Å²) in [6, 6.07) is 0.0541. The van der Waals surface area contributed by atoms with Crippen molar-refractivity contribution in [2.45, 2.75) is 25.1 Å². The fourth-order valence-electron chi connectivity index (χ4n) is 1.87. The number of hydrogen-bond donors (Lipinski definition) is 3. The smallest absolute Gasteiger partial charge is 0.326 e. The van der Waals surface area contributed by atoms with Crippen LogP contribution < -0.4 is 5.32 Å². The summed E-state index contributed by atoms with van der Waals surface area (Å²) < 4.78 is 4.79. The first-order valence-corrected chi connectivity index (χ1v) is 5.43. The summed E-state index contributed by atoms with van der Waals surface area (Å²) in [5, 5.41) is 24.3. The van der Waals surface area contributed by atoms with Crippen molar-refractivity contribution >= 4 is 12.0 Å². The van der Waals surface area contributed by atoms with Crippen molar-refractivity contribution in [1.82, 2.24) is 15.4 Å². The van der Waals surface area contributed by atoms with Gasteiger partial charge in [0.1, 0.15) is 6.04 Å². The van der Waals surface area contributed by atoms with Crippen molar-refractivity contribution in [2.24, 2.45) is 0 Å². The number of β-amino-alcohol motifs (C(OH)–C–C–N with tert-alkyl or cyclic N) is 1. The molecule has 2 atom stereocenters. The maximum atomic E-state index is 11.8. The van der Waals surface area contributed by atoms with Gasteiger partial charge in [0.25, 0.3) is 0 Å². The average Bonchev–Trinajstić information content (AvgIpc) is 2.94. The quantitative estimate of drug-likeness (QED) is 0.664. The number of aliphatic hydroxyl groups is 1. The van der Waals surface area contributed by atoms with Gasteiger partial charge >= 0.3 is 12.0 Å². The second-order valence-corrected chi connectivity index (χ2v) is 4.03. The first kappa shape index (κ1) is 12.4. The molecule has 2 heterocycles.